The second kappa shape index (κ2) is 7.02. The molecular weight excluding hydrogens is 348 g/mol. The fourth-order valence-corrected chi connectivity index (χ4v) is 4.03. The van der Waals surface area contributed by atoms with Gasteiger partial charge in [-0.2, -0.15) is 0 Å². The molecule has 0 fully saturated rings. The molecule has 6 nitrogen and oxygen atoms in total. The second-order valence-corrected chi connectivity index (χ2v) is 8.73. The largest absolute Gasteiger partial charge is 0.241 e. The van der Waals surface area contributed by atoms with Crippen molar-refractivity contribution < 1.29 is 16.8 Å². The second-order valence-electron chi connectivity index (χ2n) is 5.46. The lowest BCUT2D eigenvalue weighted by Crippen LogP contribution is -2.27. The van der Waals surface area contributed by atoms with E-state index in [0.717, 1.165) is 12.0 Å². The Morgan fingerprint density at radius 3 is 2.17 bits per heavy atom. The SMILES string of the molecule is CCc1ccc(S(=O)(=O)NC(C)c2cccc(S(N)(=O)=O)c2)cc1. The van der Waals surface area contributed by atoms with Crippen LogP contribution in [0.25, 0.3) is 0 Å². The fourth-order valence-electron chi connectivity index (χ4n) is 2.23. The van der Waals surface area contributed by atoms with Crippen LogP contribution in [0.1, 0.15) is 31.0 Å². The highest BCUT2D eigenvalue weighted by Gasteiger charge is 2.19. The topological polar surface area (TPSA) is 106 Å². The molecule has 2 aromatic rings. The summed E-state index contributed by atoms with van der Waals surface area (Å²) in [6.07, 6.45) is 0.824. The fraction of sp³-hybridized carbons (Fsp3) is 0.250. The van der Waals surface area contributed by atoms with E-state index in [1.54, 1.807) is 37.3 Å². The highest BCUT2D eigenvalue weighted by molar-refractivity contribution is 7.89. The molecule has 0 saturated carbocycles. The van der Waals surface area contributed by atoms with Crippen LogP contribution >= 0.6 is 0 Å². The number of aryl methyl sites for hydroxylation is 1. The van der Waals surface area contributed by atoms with Gasteiger partial charge < -0.3 is 0 Å². The third-order valence-corrected chi connectivity index (χ3v) is 6.13. The highest BCUT2D eigenvalue weighted by Crippen LogP contribution is 2.20. The van der Waals surface area contributed by atoms with E-state index >= 15 is 0 Å². The van der Waals surface area contributed by atoms with Crippen molar-refractivity contribution >= 4 is 20.0 Å². The lowest BCUT2D eigenvalue weighted by atomic mass is 10.1. The van der Waals surface area contributed by atoms with Gasteiger partial charge in [-0.3, -0.25) is 0 Å². The summed E-state index contributed by atoms with van der Waals surface area (Å²) in [5, 5.41) is 5.10. The third kappa shape index (κ3) is 4.41. The molecule has 3 N–H and O–H groups in total. The van der Waals surface area contributed by atoms with Gasteiger partial charge in [-0.05, 0) is 48.7 Å². The number of rotatable bonds is 6. The molecule has 0 heterocycles. The average Bonchev–Trinajstić information content (AvgIpc) is 2.54. The van der Waals surface area contributed by atoms with E-state index in [-0.39, 0.29) is 9.79 Å². The van der Waals surface area contributed by atoms with Gasteiger partial charge in [0, 0.05) is 6.04 Å². The first-order chi connectivity index (χ1) is 11.1. The van der Waals surface area contributed by atoms with Crippen molar-refractivity contribution in [3.05, 3.63) is 59.7 Å². The number of hydrogen-bond acceptors (Lipinski definition) is 4. The highest BCUT2D eigenvalue weighted by atomic mass is 32.2. The zero-order chi connectivity index (χ0) is 18.0. The summed E-state index contributed by atoms with van der Waals surface area (Å²) in [6, 6.07) is 11.9. The zero-order valence-corrected chi connectivity index (χ0v) is 15.1. The summed E-state index contributed by atoms with van der Waals surface area (Å²) in [7, 11) is -7.55. The summed E-state index contributed by atoms with van der Waals surface area (Å²) in [6.45, 7) is 3.63. The lowest BCUT2D eigenvalue weighted by Gasteiger charge is -2.15. The van der Waals surface area contributed by atoms with Gasteiger partial charge in [0.25, 0.3) is 0 Å². The van der Waals surface area contributed by atoms with Gasteiger partial charge in [-0.25, -0.2) is 26.7 Å². The lowest BCUT2D eigenvalue weighted by molar-refractivity contribution is 0.566. The van der Waals surface area contributed by atoms with Gasteiger partial charge in [-0.15, -0.1) is 0 Å². The van der Waals surface area contributed by atoms with Crippen molar-refractivity contribution in [2.45, 2.75) is 36.1 Å². The first kappa shape index (κ1) is 18.6. The van der Waals surface area contributed by atoms with E-state index in [0.29, 0.717) is 5.56 Å². The van der Waals surface area contributed by atoms with Crippen LogP contribution in [-0.4, -0.2) is 16.8 Å². The zero-order valence-electron chi connectivity index (χ0n) is 13.4. The van der Waals surface area contributed by atoms with Crippen molar-refractivity contribution in [1.82, 2.24) is 4.72 Å². The molecule has 1 atom stereocenters. The molecule has 0 amide bonds. The van der Waals surface area contributed by atoms with Gasteiger partial charge in [0.05, 0.1) is 9.79 Å². The Labute approximate surface area is 142 Å². The molecule has 8 heteroatoms. The molecule has 1 unspecified atom stereocenters. The van der Waals surface area contributed by atoms with Crippen molar-refractivity contribution in [1.29, 1.82) is 0 Å². The Balaban J connectivity index is 2.26. The molecular formula is C16H20N2O4S2. The molecule has 0 spiro atoms. The Hall–Kier alpha value is -1.74. The van der Waals surface area contributed by atoms with Crippen LogP contribution in [0.15, 0.2) is 58.3 Å². The molecule has 2 aromatic carbocycles. The number of sulfonamides is 2. The van der Waals surface area contributed by atoms with Crippen LogP contribution in [0.5, 0.6) is 0 Å². The van der Waals surface area contributed by atoms with Crippen LogP contribution in [0, 0.1) is 0 Å². The van der Waals surface area contributed by atoms with E-state index in [1.807, 2.05) is 6.92 Å². The minimum absolute atomic E-state index is 0.0571. The summed E-state index contributed by atoms with van der Waals surface area (Å²) in [5.74, 6) is 0. The Morgan fingerprint density at radius 2 is 1.62 bits per heavy atom. The van der Waals surface area contributed by atoms with Gasteiger partial charge in [0.2, 0.25) is 20.0 Å². The molecule has 0 aliphatic carbocycles. The Bertz CT molecular complexity index is 921. The van der Waals surface area contributed by atoms with Crippen LogP contribution in [0.3, 0.4) is 0 Å². The number of hydrogen-bond donors (Lipinski definition) is 2. The van der Waals surface area contributed by atoms with Crippen LogP contribution in [-0.2, 0) is 26.5 Å². The Morgan fingerprint density at radius 1 is 1.00 bits per heavy atom. The van der Waals surface area contributed by atoms with Crippen molar-refractivity contribution in [3.63, 3.8) is 0 Å². The van der Waals surface area contributed by atoms with Gasteiger partial charge >= 0.3 is 0 Å². The number of primary sulfonamides is 1. The van der Waals surface area contributed by atoms with Crippen molar-refractivity contribution in [2.24, 2.45) is 5.14 Å². The Kier molecular flexibility index (Phi) is 5.44. The van der Waals surface area contributed by atoms with Gasteiger partial charge in [-0.1, -0.05) is 31.2 Å². The minimum atomic E-state index is -3.84. The minimum Gasteiger partial charge on any atom is -0.225 e. The molecule has 2 rings (SSSR count). The molecule has 0 aliphatic rings. The molecule has 0 aliphatic heterocycles. The van der Waals surface area contributed by atoms with Crippen molar-refractivity contribution in [3.8, 4) is 0 Å². The van der Waals surface area contributed by atoms with E-state index in [2.05, 4.69) is 4.72 Å². The molecule has 24 heavy (non-hydrogen) atoms. The molecule has 0 aromatic heterocycles. The van der Waals surface area contributed by atoms with Crippen LogP contribution < -0.4 is 9.86 Å². The summed E-state index contributed by atoms with van der Waals surface area (Å²) < 4.78 is 50.3. The monoisotopic (exact) mass is 368 g/mol. The maximum Gasteiger partial charge on any atom is 0.241 e. The van der Waals surface area contributed by atoms with Crippen molar-refractivity contribution in [2.75, 3.05) is 0 Å². The number of nitrogens with one attached hydrogen (secondary N) is 1. The summed E-state index contributed by atoms with van der Waals surface area (Å²) in [4.78, 5) is 0.104. The predicted molar refractivity (Wildman–Crippen MR) is 92.4 cm³/mol. The maximum absolute atomic E-state index is 12.4. The summed E-state index contributed by atoms with van der Waals surface area (Å²) in [5.41, 5.74) is 1.55. The summed E-state index contributed by atoms with van der Waals surface area (Å²) >= 11 is 0. The molecule has 0 bridgehead atoms. The number of benzene rings is 2. The average molecular weight is 368 g/mol. The first-order valence-corrected chi connectivity index (χ1v) is 10.4. The third-order valence-electron chi connectivity index (χ3n) is 3.66. The van der Waals surface area contributed by atoms with E-state index in [9.17, 15) is 16.8 Å². The molecule has 0 radical (unpaired) electrons. The van der Waals surface area contributed by atoms with E-state index in [1.165, 1.54) is 18.2 Å². The smallest absolute Gasteiger partial charge is 0.225 e. The van der Waals surface area contributed by atoms with Gasteiger partial charge in [0.15, 0.2) is 0 Å². The molecule has 0 saturated heterocycles. The van der Waals surface area contributed by atoms with E-state index in [4.69, 9.17) is 5.14 Å². The van der Waals surface area contributed by atoms with E-state index < -0.39 is 26.1 Å². The maximum atomic E-state index is 12.4. The standard InChI is InChI=1S/C16H20N2O4S2/c1-3-13-7-9-15(10-8-13)24(21,22)18-12(2)14-5-4-6-16(11-14)23(17,19)20/h4-12,18H,3H2,1-2H3,(H2,17,19,20). The normalized spacial score (nSPS) is 13.6. The predicted octanol–water partition coefficient (Wildman–Crippen LogP) is 1.94. The number of nitrogens with two attached hydrogens (primary N) is 1. The quantitative estimate of drug-likeness (QED) is 0.812. The first-order valence-electron chi connectivity index (χ1n) is 7.37. The molecule has 130 valence electrons. The van der Waals surface area contributed by atoms with Crippen LogP contribution in [0.4, 0.5) is 0 Å². The van der Waals surface area contributed by atoms with Crippen LogP contribution in [0.2, 0.25) is 0 Å². The van der Waals surface area contributed by atoms with Gasteiger partial charge in [0.1, 0.15) is 0 Å².